The fourth-order valence-electron chi connectivity index (χ4n) is 3.84. The van der Waals surface area contributed by atoms with Crippen molar-refractivity contribution in [3.05, 3.63) is 98.6 Å². The average molecular weight is 428 g/mol. The monoisotopic (exact) mass is 428 g/mol. The quantitative estimate of drug-likeness (QED) is 0.454. The molecule has 1 aliphatic carbocycles. The Kier molecular flexibility index (Phi) is 4.89. The number of esters is 1. The Labute approximate surface area is 182 Å². The van der Waals surface area contributed by atoms with Gasteiger partial charge in [-0.1, -0.05) is 18.2 Å². The molecular weight excluding hydrogens is 408 g/mol. The Morgan fingerprint density at radius 3 is 2.47 bits per heavy atom. The summed E-state index contributed by atoms with van der Waals surface area (Å²) in [6.45, 7) is 0.0357. The molecule has 8 heteroatoms. The van der Waals surface area contributed by atoms with Crippen molar-refractivity contribution in [3.8, 4) is 5.69 Å². The molecule has 1 aromatic carbocycles. The van der Waals surface area contributed by atoms with Crippen LogP contribution in [0.1, 0.15) is 40.4 Å². The second-order valence-electron chi connectivity index (χ2n) is 7.76. The summed E-state index contributed by atoms with van der Waals surface area (Å²) >= 11 is 0. The molecule has 0 radical (unpaired) electrons. The highest BCUT2D eigenvalue weighted by Gasteiger charge is 2.30. The van der Waals surface area contributed by atoms with Gasteiger partial charge in [-0.25, -0.2) is 19.1 Å². The summed E-state index contributed by atoms with van der Waals surface area (Å²) in [5, 5.41) is 0.0683. The van der Waals surface area contributed by atoms with Crippen LogP contribution in [-0.2, 0) is 11.3 Å². The standard InChI is InChI=1S/C24H20N4O4/c1-32-23(30)18-13-19(16-7-8-16)26-21-20(18)22(29)27(14-15-9-11-25-12-10-15)24(31)28(21)17-5-3-2-4-6-17/h2-6,9-13,16H,7-8,14H2,1H3. The minimum Gasteiger partial charge on any atom is -0.465 e. The van der Waals surface area contributed by atoms with Crippen LogP contribution in [0.5, 0.6) is 0 Å². The zero-order valence-corrected chi connectivity index (χ0v) is 17.4. The van der Waals surface area contributed by atoms with E-state index in [4.69, 9.17) is 9.72 Å². The molecule has 1 aliphatic rings. The highest BCUT2D eigenvalue weighted by atomic mass is 16.5. The van der Waals surface area contributed by atoms with Gasteiger partial charge in [0.25, 0.3) is 5.56 Å². The molecule has 8 nitrogen and oxygen atoms in total. The fourth-order valence-corrected chi connectivity index (χ4v) is 3.84. The lowest BCUT2D eigenvalue weighted by atomic mass is 10.1. The van der Waals surface area contributed by atoms with Crippen molar-refractivity contribution in [1.82, 2.24) is 19.1 Å². The predicted molar refractivity (Wildman–Crippen MR) is 118 cm³/mol. The van der Waals surface area contributed by atoms with Crippen LogP contribution in [0.15, 0.2) is 70.5 Å². The molecule has 5 rings (SSSR count). The van der Waals surface area contributed by atoms with E-state index in [0.29, 0.717) is 11.4 Å². The lowest BCUT2D eigenvalue weighted by Gasteiger charge is -2.16. The number of hydrogen-bond acceptors (Lipinski definition) is 6. The van der Waals surface area contributed by atoms with Crippen molar-refractivity contribution >= 4 is 17.0 Å². The Bertz CT molecular complexity index is 1440. The number of hydrogen-bond donors (Lipinski definition) is 0. The molecule has 0 spiro atoms. The molecule has 0 aliphatic heterocycles. The van der Waals surface area contributed by atoms with Crippen molar-refractivity contribution in [1.29, 1.82) is 0 Å². The normalized spacial score (nSPS) is 13.3. The van der Waals surface area contributed by atoms with Crippen LogP contribution >= 0.6 is 0 Å². The van der Waals surface area contributed by atoms with Crippen LogP contribution in [-0.4, -0.2) is 32.2 Å². The van der Waals surface area contributed by atoms with E-state index >= 15 is 0 Å². The van der Waals surface area contributed by atoms with Gasteiger partial charge in [0.15, 0.2) is 5.65 Å². The number of carbonyl (C=O) groups excluding carboxylic acids is 1. The van der Waals surface area contributed by atoms with E-state index in [9.17, 15) is 14.4 Å². The molecule has 0 bridgehead atoms. The average Bonchev–Trinajstić information content (AvgIpc) is 3.67. The summed E-state index contributed by atoms with van der Waals surface area (Å²) in [6, 6.07) is 14.1. The Hall–Kier alpha value is -4.07. The second kappa shape index (κ2) is 7.88. The molecule has 1 saturated carbocycles. The smallest absolute Gasteiger partial charge is 0.338 e. The van der Waals surface area contributed by atoms with Crippen molar-refractivity contribution in [3.63, 3.8) is 0 Å². The van der Waals surface area contributed by atoms with Gasteiger partial charge in [-0.2, -0.15) is 0 Å². The number of benzene rings is 1. The SMILES string of the molecule is COC(=O)c1cc(C2CC2)nc2c1c(=O)n(Cc1ccncc1)c(=O)n2-c1ccccc1. The van der Waals surface area contributed by atoms with Gasteiger partial charge in [-0.05, 0) is 48.7 Å². The first-order valence-corrected chi connectivity index (χ1v) is 10.3. The highest BCUT2D eigenvalue weighted by Crippen LogP contribution is 2.40. The molecule has 4 aromatic rings. The lowest BCUT2D eigenvalue weighted by molar-refractivity contribution is 0.0602. The summed E-state index contributed by atoms with van der Waals surface area (Å²) in [4.78, 5) is 48.5. The third-order valence-electron chi connectivity index (χ3n) is 5.62. The summed E-state index contributed by atoms with van der Waals surface area (Å²) in [7, 11) is 1.27. The molecule has 32 heavy (non-hydrogen) atoms. The lowest BCUT2D eigenvalue weighted by Crippen LogP contribution is -2.40. The predicted octanol–water partition coefficient (Wildman–Crippen LogP) is 2.65. The first kappa shape index (κ1) is 19.9. The zero-order valence-electron chi connectivity index (χ0n) is 17.4. The van der Waals surface area contributed by atoms with E-state index in [0.717, 1.165) is 23.0 Å². The third-order valence-corrected chi connectivity index (χ3v) is 5.62. The first-order valence-electron chi connectivity index (χ1n) is 10.3. The summed E-state index contributed by atoms with van der Waals surface area (Å²) in [5.41, 5.74) is 1.17. The molecule has 3 aromatic heterocycles. The molecule has 0 saturated heterocycles. The maximum Gasteiger partial charge on any atom is 0.338 e. The van der Waals surface area contributed by atoms with Gasteiger partial charge in [0.05, 0.1) is 30.3 Å². The van der Waals surface area contributed by atoms with Gasteiger partial charge < -0.3 is 4.74 Å². The van der Waals surface area contributed by atoms with Crippen LogP contribution in [0.25, 0.3) is 16.7 Å². The largest absolute Gasteiger partial charge is 0.465 e. The van der Waals surface area contributed by atoms with Crippen LogP contribution in [0.4, 0.5) is 0 Å². The summed E-state index contributed by atoms with van der Waals surface area (Å²) in [6.07, 6.45) is 5.10. The number of fused-ring (bicyclic) bond motifs is 1. The number of para-hydroxylation sites is 1. The Morgan fingerprint density at radius 2 is 1.81 bits per heavy atom. The zero-order chi connectivity index (χ0) is 22.2. The van der Waals surface area contributed by atoms with Crippen LogP contribution in [0.2, 0.25) is 0 Å². The van der Waals surface area contributed by atoms with Crippen molar-refractivity contribution in [2.75, 3.05) is 7.11 Å². The van der Waals surface area contributed by atoms with Gasteiger partial charge >= 0.3 is 11.7 Å². The fraction of sp³-hybridized carbons (Fsp3) is 0.208. The summed E-state index contributed by atoms with van der Waals surface area (Å²) in [5.74, 6) is -0.425. The number of pyridine rings is 2. The van der Waals surface area contributed by atoms with E-state index in [-0.39, 0.29) is 29.1 Å². The molecular formula is C24H20N4O4. The number of aromatic nitrogens is 4. The number of rotatable bonds is 5. The molecule has 0 amide bonds. The molecule has 0 unspecified atom stereocenters. The highest BCUT2D eigenvalue weighted by molar-refractivity contribution is 6.02. The van der Waals surface area contributed by atoms with Crippen LogP contribution in [0, 0.1) is 0 Å². The van der Waals surface area contributed by atoms with Gasteiger partial charge in [-0.15, -0.1) is 0 Å². The summed E-state index contributed by atoms with van der Waals surface area (Å²) < 4.78 is 7.50. The molecule has 3 heterocycles. The first-order chi connectivity index (χ1) is 15.6. The third kappa shape index (κ3) is 3.39. The van der Waals surface area contributed by atoms with E-state index in [2.05, 4.69) is 4.98 Å². The van der Waals surface area contributed by atoms with Gasteiger partial charge in [-0.3, -0.25) is 14.3 Å². The number of methoxy groups -OCH3 is 1. The van der Waals surface area contributed by atoms with Gasteiger partial charge in [0.2, 0.25) is 0 Å². The second-order valence-corrected chi connectivity index (χ2v) is 7.76. The van der Waals surface area contributed by atoms with Crippen LogP contribution < -0.4 is 11.2 Å². The Balaban J connectivity index is 1.90. The van der Waals surface area contributed by atoms with Crippen LogP contribution in [0.3, 0.4) is 0 Å². The number of nitrogens with zero attached hydrogens (tertiary/aromatic N) is 4. The van der Waals surface area contributed by atoms with Gasteiger partial charge in [0, 0.05) is 24.0 Å². The Morgan fingerprint density at radius 1 is 1.09 bits per heavy atom. The molecule has 1 fully saturated rings. The molecule has 0 N–H and O–H groups in total. The van der Waals surface area contributed by atoms with E-state index in [1.807, 2.05) is 6.07 Å². The minimum atomic E-state index is -0.634. The number of ether oxygens (including phenoxy) is 1. The maximum absolute atomic E-state index is 13.6. The van der Waals surface area contributed by atoms with E-state index in [1.165, 1.54) is 11.7 Å². The van der Waals surface area contributed by atoms with Crippen molar-refractivity contribution in [2.45, 2.75) is 25.3 Å². The molecule has 0 atom stereocenters. The van der Waals surface area contributed by atoms with Gasteiger partial charge in [0.1, 0.15) is 0 Å². The minimum absolute atomic E-state index is 0.0357. The topological polar surface area (TPSA) is 96.1 Å². The van der Waals surface area contributed by atoms with Crippen molar-refractivity contribution < 1.29 is 9.53 Å². The maximum atomic E-state index is 13.6. The van der Waals surface area contributed by atoms with E-state index < -0.39 is 17.2 Å². The molecule has 160 valence electrons. The number of carbonyl (C=O) groups is 1. The van der Waals surface area contributed by atoms with Crippen molar-refractivity contribution in [2.24, 2.45) is 0 Å². The van der Waals surface area contributed by atoms with E-state index in [1.54, 1.807) is 54.9 Å².